The second kappa shape index (κ2) is 17.5. The monoisotopic (exact) mass is 1130 g/mol. The zero-order valence-corrected chi connectivity index (χ0v) is 43.3. The summed E-state index contributed by atoms with van der Waals surface area (Å²) >= 11 is 2.18. The molecule has 1 aliphatic carbocycles. The molecule has 0 fully saturated rings. The van der Waals surface area contributed by atoms with Gasteiger partial charge in [0.25, 0.3) is 0 Å². The molecule has 0 unspecified atom stereocenters. The van der Waals surface area contributed by atoms with E-state index in [0.717, 1.165) is 57.2 Å². The molecule has 0 bridgehead atoms. The SMILES string of the molecule is [2H]c1c([2H])c([2H])c(-c2cccc(-c3c([2H])c([2H])c([2H])c([2H])c3[2H])c2-n2[c](=[Pt])n(-c3[c-]c(Oc4[c-]c5c(cc4-c4cccc6c4C(C)(C)CCC6(C)C)c4ccccc4n5-c4cc(C(C)(C)C)ccn4)ccc3)c3ccccc32)c([2H])c1[2H]. The number of hydrogen-bond acceptors (Lipinski definition) is 2. The van der Waals surface area contributed by atoms with Crippen molar-refractivity contribution < 1.29 is 37.8 Å². The van der Waals surface area contributed by atoms with Crippen LogP contribution in [0.25, 0.3) is 83.4 Å². The molecule has 358 valence electrons. The van der Waals surface area contributed by atoms with Gasteiger partial charge in [-0.15, -0.1) is 0 Å². The Bertz CT molecular complexity index is 4440. The molecule has 0 amide bonds. The van der Waals surface area contributed by atoms with Gasteiger partial charge in [0.05, 0.1) is 0 Å². The molecule has 0 saturated heterocycles. The van der Waals surface area contributed by atoms with Gasteiger partial charge in [-0.3, -0.25) is 0 Å². The Labute approximate surface area is 447 Å². The average Bonchev–Trinajstić information content (AvgIpc) is 2.37. The summed E-state index contributed by atoms with van der Waals surface area (Å²) in [5.74, 6) is 1.63. The fourth-order valence-electron chi connectivity index (χ4n) is 10.6. The van der Waals surface area contributed by atoms with Gasteiger partial charge in [-0.2, -0.15) is 0 Å². The van der Waals surface area contributed by atoms with E-state index in [0.29, 0.717) is 32.0 Å². The number of benzene rings is 8. The summed E-state index contributed by atoms with van der Waals surface area (Å²) in [6, 6.07) is 41.8. The molecule has 6 heteroatoms. The van der Waals surface area contributed by atoms with Crippen LogP contribution >= 0.6 is 0 Å². The zero-order valence-electron chi connectivity index (χ0n) is 51.1. The van der Waals surface area contributed by atoms with E-state index in [1.807, 2.05) is 63.9 Å². The summed E-state index contributed by atoms with van der Waals surface area (Å²) in [6.45, 7) is 15.9. The van der Waals surface area contributed by atoms with Crippen LogP contribution in [0.3, 0.4) is 0 Å². The van der Waals surface area contributed by atoms with Gasteiger partial charge < -0.3 is 0 Å². The Balaban J connectivity index is 1.11. The number of hydrogen-bond donors (Lipinski definition) is 0. The number of fused-ring (bicyclic) bond motifs is 5. The number of aromatic nitrogens is 4. The van der Waals surface area contributed by atoms with Crippen LogP contribution in [0.15, 0.2) is 188 Å². The van der Waals surface area contributed by atoms with E-state index in [1.54, 1.807) is 18.2 Å². The molecule has 0 radical (unpaired) electrons. The molecule has 1 aliphatic rings. The predicted octanol–water partition coefficient (Wildman–Crippen LogP) is 17.0. The van der Waals surface area contributed by atoms with Crippen molar-refractivity contribution in [1.82, 2.24) is 18.7 Å². The summed E-state index contributed by atoms with van der Waals surface area (Å²) < 4.78 is 102. The van der Waals surface area contributed by atoms with Crippen molar-refractivity contribution in [3.8, 4) is 62.1 Å². The van der Waals surface area contributed by atoms with Crippen LogP contribution in [-0.4, -0.2) is 18.7 Å². The number of para-hydroxylation sites is 4. The van der Waals surface area contributed by atoms with Gasteiger partial charge in [0.1, 0.15) is 0 Å². The van der Waals surface area contributed by atoms with Crippen molar-refractivity contribution in [2.24, 2.45) is 0 Å². The van der Waals surface area contributed by atoms with Crippen LogP contribution in [0.1, 0.15) is 91.7 Å². The van der Waals surface area contributed by atoms with Gasteiger partial charge in [-0.05, 0) is 23.5 Å². The number of ether oxygens (including phenoxy) is 1. The van der Waals surface area contributed by atoms with Crippen molar-refractivity contribution in [2.45, 2.75) is 77.6 Å². The Morgan fingerprint density at radius 2 is 1.21 bits per heavy atom. The first-order valence-corrected chi connectivity index (χ1v) is 25.3. The third kappa shape index (κ3) is 7.72. The fourth-order valence-corrected chi connectivity index (χ4v) is 11.7. The summed E-state index contributed by atoms with van der Waals surface area (Å²) in [6.07, 6.45) is 3.91. The molecular formula is C66H56N4OPt-2. The second-order valence-corrected chi connectivity index (χ2v) is 21.9. The number of rotatable bonds is 8. The summed E-state index contributed by atoms with van der Waals surface area (Å²) in [7, 11) is 0. The minimum atomic E-state index is -0.565. The molecule has 3 heterocycles. The molecule has 5 nitrogen and oxygen atoms in total. The van der Waals surface area contributed by atoms with Crippen molar-refractivity contribution >= 4 is 32.8 Å². The molecule has 3 aromatic heterocycles. The van der Waals surface area contributed by atoms with Crippen LogP contribution in [-0.2, 0) is 35.6 Å². The molecule has 0 aliphatic heterocycles. The van der Waals surface area contributed by atoms with Crippen LogP contribution < -0.4 is 4.74 Å². The van der Waals surface area contributed by atoms with Gasteiger partial charge in [0.2, 0.25) is 0 Å². The Morgan fingerprint density at radius 3 is 1.90 bits per heavy atom. The quantitative estimate of drug-likeness (QED) is 0.142. The molecule has 8 aromatic carbocycles. The number of pyridine rings is 1. The summed E-state index contributed by atoms with van der Waals surface area (Å²) in [4.78, 5) is 4.97. The van der Waals surface area contributed by atoms with E-state index < -0.39 is 60.4 Å². The van der Waals surface area contributed by atoms with Crippen molar-refractivity contribution in [2.75, 3.05) is 0 Å². The first kappa shape index (κ1) is 35.7. The Hall–Kier alpha value is -7.33. The molecule has 0 spiro atoms. The topological polar surface area (TPSA) is 36.9 Å². The van der Waals surface area contributed by atoms with Crippen LogP contribution in [0, 0.1) is 15.9 Å². The molecule has 0 atom stereocenters. The molecule has 11 aromatic rings. The average molecular weight is 1130 g/mol. The predicted molar refractivity (Wildman–Crippen MR) is 292 cm³/mol. The van der Waals surface area contributed by atoms with Crippen LogP contribution in [0.2, 0.25) is 0 Å². The third-order valence-corrected chi connectivity index (χ3v) is 15.4. The van der Waals surface area contributed by atoms with Gasteiger partial charge in [-0.1, -0.05) is 46.8 Å². The first-order chi connectivity index (χ1) is 38.9. The third-order valence-electron chi connectivity index (χ3n) is 14.4. The molecule has 0 N–H and O–H groups in total. The van der Waals surface area contributed by atoms with E-state index in [9.17, 15) is 5.48 Å². The summed E-state index contributed by atoms with van der Waals surface area (Å²) in [5.41, 5.74) is 9.21. The van der Waals surface area contributed by atoms with E-state index in [4.69, 9.17) is 17.9 Å². The Kier molecular flexibility index (Phi) is 8.66. The van der Waals surface area contributed by atoms with E-state index in [1.165, 1.54) is 11.1 Å². The normalized spacial score (nSPS) is 16.2. The minimum absolute atomic E-state index is 0.0736. The Morgan fingerprint density at radius 1 is 0.597 bits per heavy atom. The number of nitrogens with zero attached hydrogens (tertiary/aromatic N) is 4. The van der Waals surface area contributed by atoms with E-state index >= 15 is 0 Å². The van der Waals surface area contributed by atoms with Crippen LogP contribution in [0.4, 0.5) is 0 Å². The van der Waals surface area contributed by atoms with Gasteiger partial charge >= 0.3 is 373 Å². The standard InChI is InChI=1S/C66H56N4O.Pt/c1-64(2,3)46-35-38-67-61(39-46)70-56-32-15-14-27-51(56)53-41-54(52-30-20-31-55-62(52)66(6,7)37-36-65(55,4)5)60(42-59(53)70)71-48-26-18-25-47(40-48)68-43-69(58-34-17-16-33-57(58)68)63-49(44-21-10-8-11-22-44)28-19-29-50(63)45-23-12-9-13-24-45;/h8-35,38-39,41H,36-37H2,1-7H3;/q-2;/i8D,9D,10D,11D,12D,13D,21D,22D,23D,24D;. The van der Waals surface area contributed by atoms with Gasteiger partial charge in [-0.25, -0.2) is 0 Å². The molecule has 0 saturated carbocycles. The first-order valence-electron chi connectivity index (χ1n) is 29.2. The van der Waals surface area contributed by atoms with E-state index in [-0.39, 0.29) is 44.2 Å². The van der Waals surface area contributed by atoms with Crippen molar-refractivity contribution in [3.05, 3.63) is 221 Å². The van der Waals surface area contributed by atoms with Crippen molar-refractivity contribution in [1.29, 1.82) is 0 Å². The van der Waals surface area contributed by atoms with Crippen molar-refractivity contribution in [3.63, 3.8) is 0 Å². The fraction of sp³-hybridized carbons (Fsp3) is 0.182. The van der Waals surface area contributed by atoms with Gasteiger partial charge in [0.15, 0.2) is 0 Å². The molecule has 12 rings (SSSR count). The molecule has 72 heavy (non-hydrogen) atoms. The summed E-state index contributed by atoms with van der Waals surface area (Å²) in [5, 5.41) is 2.04. The molecular weight excluding hydrogens is 1060 g/mol. The second-order valence-electron chi connectivity index (χ2n) is 20.9. The zero-order chi connectivity index (χ0) is 58.2. The van der Waals surface area contributed by atoms with Crippen LogP contribution in [0.5, 0.6) is 11.5 Å². The van der Waals surface area contributed by atoms with Gasteiger partial charge in [0, 0.05) is 6.20 Å². The number of imidazole rings is 1. The maximum atomic E-state index is 9.20. The van der Waals surface area contributed by atoms with E-state index in [2.05, 4.69) is 139 Å². The maximum absolute atomic E-state index is 9.20.